The van der Waals surface area contributed by atoms with Gasteiger partial charge in [-0.3, -0.25) is 4.99 Å². The van der Waals surface area contributed by atoms with Gasteiger partial charge in [-0.2, -0.15) is 0 Å². The quantitative estimate of drug-likeness (QED) is 0.259. The van der Waals surface area contributed by atoms with Crippen LogP contribution in [0.3, 0.4) is 0 Å². The highest BCUT2D eigenvalue weighted by atomic mass is 127. The van der Waals surface area contributed by atoms with Crippen LogP contribution in [0.5, 0.6) is 5.75 Å². The van der Waals surface area contributed by atoms with Crippen molar-refractivity contribution in [1.82, 2.24) is 10.6 Å². The first-order chi connectivity index (χ1) is 13.1. The van der Waals surface area contributed by atoms with Gasteiger partial charge in [-0.25, -0.2) is 0 Å². The second-order valence-electron chi connectivity index (χ2n) is 7.36. The monoisotopic (exact) mass is 505 g/mol. The number of aliphatic imine (C=N–C) groups is 1. The lowest BCUT2D eigenvalue weighted by atomic mass is 9.84. The number of aliphatic hydroxyl groups is 1. The van der Waals surface area contributed by atoms with Gasteiger partial charge in [0.2, 0.25) is 0 Å². The molecule has 2 atom stereocenters. The number of methoxy groups -OCH3 is 1. The minimum absolute atomic E-state index is 0. The molecule has 6 nitrogen and oxygen atoms in total. The van der Waals surface area contributed by atoms with Gasteiger partial charge >= 0.3 is 0 Å². The van der Waals surface area contributed by atoms with Crippen LogP contribution in [0.2, 0.25) is 0 Å². The number of hydrogen-bond donors (Lipinski definition) is 3. The van der Waals surface area contributed by atoms with Crippen molar-refractivity contribution in [2.45, 2.75) is 39.0 Å². The van der Waals surface area contributed by atoms with Crippen molar-refractivity contribution < 1.29 is 14.6 Å². The Morgan fingerprint density at radius 2 is 2.07 bits per heavy atom. The number of aliphatic hydroxyl groups excluding tert-OH is 1. The fourth-order valence-electron chi connectivity index (χ4n) is 3.38. The Labute approximate surface area is 186 Å². The van der Waals surface area contributed by atoms with E-state index in [1.54, 1.807) is 7.11 Å². The Hall–Kier alpha value is -1.06. The highest BCUT2D eigenvalue weighted by molar-refractivity contribution is 14.0. The molecule has 160 valence electrons. The van der Waals surface area contributed by atoms with Crippen LogP contribution in [0.25, 0.3) is 0 Å². The topological polar surface area (TPSA) is 75.1 Å². The van der Waals surface area contributed by atoms with E-state index in [2.05, 4.69) is 36.6 Å². The van der Waals surface area contributed by atoms with Crippen LogP contribution in [0.4, 0.5) is 0 Å². The molecule has 2 rings (SSSR count). The van der Waals surface area contributed by atoms with Crippen LogP contribution in [-0.2, 0) is 4.74 Å². The molecule has 0 radical (unpaired) electrons. The number of rotatable bonds is 10. The van der Waals surface area contributed by atoms with E-state index in [-0.39, 0.29) is 36.0 Å². The van der Waals surface area contributed by atoms with Gasteiger partial charge in [0.25, 0.3) is 0 Å². The van der Waals surface area contributed by atoms with E-state index in [1.165, 1.54) is 5.56 Å². The average Bonchev–Trinajstić information content (AvgIpc) is 3.15. The maximum atomic E-state index is 9.36. The summed E-state index contributed by atoms with van der Waals surface area (Å²) in [6.45, 7) is 8.29. The van der Waals surface area contributed by atoms with Crippen molar-refractivity contribution in [2.75, 3.05) is 46.6 Å². The van der Waals surface area contributed by atoms with Crippen molar-refractivity contribution in [3.8, 4) is 5.75 Å². The standard InChI is InChI=1S/C21H35N3O3.HI/c1-4-22-20(24-15-21(10-13-25)11-14-27-16-21)23-12-9-17(2)18-5-7-19(26-3)8-6-18;/h5-8,17,25H,4,9-16H2,1-3H3,(H2,22,23,24);1H. The fourth-order valence-corrected chi connectivity index (χ4v) is 3.38. The van der Waals surface area contributed by atoms with Crippen LogP contribution in [0.15, 0.2) is 29.3 Å². The van der Waals surface area contributed by atoms with Gasteiger partial charge in [-0.05, 0) is 49.8 Å². The first-order valence-electron chi connectivity index (χ1n) is 9.97. The molecule has 0 amide bonds. The van der Waals surface area contributed by atoms with E-state index in [0.29, 0.717) is 19.1 Å². The maximum absolute atomic E-state index is 9.36. The zero-order valence-electron chi connectivity index (χ0n) is 17.4. The van der Waals surface area contributed by atoms with Crippen LogP contribution in [0.1, 0.15) is 44.6 Å². The smallest absolute Gasteiger partial charge is 0.191 e. The van der Waals surface area contributed by atoms with Crippen LogP contribution >= 0.6 is 24.0 Å². The van der Waals surface area contributed by atoms with Gasteiger partial charge in [-0.1, -0.05) is 19.1 Å². The summed E-state index contributed by atoms with van der Waals surface area (Å²) in [4.78, 5) is 4.77. The fraction of sp³-hybridized carbons (Fsp3) is 0.667. The number of halogens is 1. The Bertz CT molecular complexity index is 575. The summed E-state index contributed by atoms with van der Waals surface area (Å²) in [5.41, 5.74) is 1.29. The highest BCUT2D eigenvalue weighted by Crippen LogP contribution is 2.32. The lowest BCUT2D eigenvalue weighted by molar-refractivity contribution is 0.131. The number of ether oxygens (including phenoxy) is 2. The van der Waals surface area contributed by atoms with Crippen LogP contribution in [0, 0.1) is 5.41 Å². The second-order valence-corrected chi connectivity index (χ2v) is 7.36. The highest BCUT2D eigenvalue weighted by Gasteiger charge is 2.34. The molecule has 0 spiro atoms. The van der Waals surface area contributed by atoms with Gasteiger partial charge in [0, 0.05) is 31.7 Å². The van der Waals surface area contributed by atoms with Gasteiger partial charge in [0.1, 0.15) is 5.75 Å². The molecule has 28 heavy (non-hydrogen) atoms. The normalized spacial score (nSPS) is 20.4. The lowest BCUT2D eigenvalue weighted by Gasteiger charge is -2.25. The summed E-state index contributed by atoms with van der Waals surface area (Å²) in [6.07, 6.45) is 2.72. The summed E-state index contributed by atoms with van der Waals surface area (Å²) >= 11 is 0. The van der Waals surface area contributed by atoms with Gasteiger partial charge in [-0.15, -0.1) is 24.0 Å². The zero-order valence-corrected chi connectivity index (χ0v) is 19.7. The number of guanidine groups is 1. The predicted octanol–water partition coefficient (Wildman–Crippen LogP) is 3.15. The Kier molecular flexibility index (Phi) is 11.8. The van der Waals surface area contributed by atoms with E-state index >= 15 is 0 Å². The molecule has 1 fully saturated rings. The molecule has 1 aliphatic rings. The summed E-state index contributed by atoms with van der Waals surface area (Å²) in [7, 11) is 1.69. The third-order valence-electron chi connectivity index (χ3n) is 5.30. The summed E-state index contributed by atoms with van der Waals surface area (Å²) < 4.78 is 10.8. The maximum Gasteiger partial charge on any atom is 0.191 e. The molecule has 0 aliphatic carbocycles. The molecule has 0 aromatic heterocycles. The van der Waals surface area contributed by atoms with Crippen molar-refractivity contribution in [1.29, 1.82) is 0 Å². The second kappa shape index (κ2) is 13.2. The van der Waals surface area contributed by atoms with E-state index in [4.69, 9.17) is 14.5 Å². The number of hydrogen-bond acceptors (Lipinski definition) is 4. The number of nitrogens with one attached hydrogen (secondary N) is 2. The first kappa shape index (κ1) is 25.0. The zero-order chi connectivity index (χ0) is 19.5. The van der Waals surface area contributed by atoms with Gasteiger partial charge < -0.3 is 25.2 Å². The molecule has 3 N–H and O–H groups in total. The molecule has 1 aliphatic heterocycles. The number of nitrogens with zero attached hydrogens (tertiary/aromatic N) is 1. The number of benzene rings is 1. The van der Waals surface area contributed by atoms with E-state index in [9.17, 15) is 5.11 Å². The molecular formula is C21H36IN3O3. The van der Waals surface area contributed by atoms with E-state index in [1.807, 2.05) is 12.1 Å². The third-order valence-corrected chi connectivity index (χ3v) is 5.30. The largest absolute Gasteiger partial charge is 0.497 e. The predicted molar refractivity (Wildman–Crippen MR) is 125 cm³/mol. The SMILES string of the molecule is CCNC(=NCC1(CCO)CCOC1)NCCC(C)c1ccc(OC)cc1.I. The molecule has 2 unspecified atom stereocenters. The molecule has 1 saturated heterocycles. The molecule has 1 aromatic rings. The molecule has 0 saturated carbocycles. The lowest BCUT2D eigenvalue weighted by Crippen LogP contribution is -2.39. The van der Waals surface area contributed by atoms with Crippen molar-refractivity contribution >= 4 is 29.9 Å². The molecule has 7 heteroatoms. The van der Waals surface area contributed by atoms with Gasteiger partial charge in [0.05, 0.1) is 20.3 Å². The van der Waals surface area contributed by atoms with E-state index in [0.717, 1.165) is 50.7 Å². The molecule has 1 aromatic carbocycles. The minimum atomic E-state index is -0.0203. The van der Waals surface area contributed by atoms with Crippen LogP contribution < -0.4 is 15.4 Å². The van der Waals surface area contributed by atoms with Crippen LogP contribution in [-0.4, -0.2) is 57.6 Å². The minimum Gasteiger partial charge on any atom is -0.497 e. The average molecular weight is 505 g/mol. The molecular weight excluding hydrogens is 469 g/mol. The summed E-state index contributed by atoms with van der Waals surface area (Å²) in [5, 5.41) is 16.1. The van der Waals surface area contributed by atoms with Crippen molar-refractivity contribution in [3.63, 3.8) is 0 Å². The van der Waals surface area contributed by atoms with Gasteiger partial charge in [0.15, 0.2) is 5.96 Å². The van der Waals surface area contributed by atoms with Crippen molar-refractivity contribution in [3.05, 3.63) is 29.8 Å². The summed E-state index contributed by atoms with van der Waals surface area (Å²) in [6, 6.07) is 8.27. The van der Waals surface area contributed by atoms with E-state index < -0.39 is 0 Å². The Balaban J connectivity index is 0.00000392. The molecule has 0 bridgehead atoms. The Morgan fingerprint density at radius 3 is 2.64 bits per heavy atom. The van der Waals surface area contributed by atoms with Crippen molar-refractivity contribution in [2.24, 2.45) is 10.4 Å². The third kappa shape index (κ3) is 7.75. The Morgan fingerprint density at radius 1 is 1.32 bits per heavy atom. The summed E-state index contributed by atoms with van der Waals surface area (Å²) in [5.74, 6) is 2.18. The first-order valence-corrected chi connectivity index (χ1v) is 9.97. The molecule has 1 heterocycles.